The second-order valence-corrected chi connectivity index (χ2v) is 9.59. The van der Waals surface area contributed by atoms with Crippen LogP contribution in [0.3, 0.4) is 0 Å². The van der Waals surface area contributed by atoms with Crippen molar-refractivity contribution in [3.63, 3.8) is 0 Å². The number of nitrogens with zero attached hydrogens (tertiary/aromatic N) is 1. The average Bonchev–Trinajstić information content (AvgIpc) is 3.26. The Morgan fingerprint density at radius 1 is 1.00 bits per heavy atom. The maximum absolute atomic E-state index is 13.5. The van der Waals surface area contributed by atoms with Gasteiger partial charge in [-0.1, -0.05) is 55.5 Å². The molecule has 36 heavy (non-hydrogen) atoms. The molecule has 2 aromatic heterocycles. The highest BCUT2D eigenvalue weighted by Gasteiger charge is 2.22. The number of ether oxygens (including phenoxy) is 1. The van der Waals surface area contributed by atoms with Crippen molar-refractivity contribution in [3.05, 3.63) is 94.9 Å². The molecule has 0 saturated carbocycles. The normalized spacial score (nSPS) is 11.0. The molecule has 0 bridgehead atoms. The fourth-order valence-corrected chi connectivity index (χ4v) is 5.43. The number of benzene rings is 3. The van der Waals surface area contributed by atoms with Crippen LogP contribution in [0.5, 0.6) is 5.75 Å². The summed E-state index contributed by atoms with van der Waals surface area (Å²) in [4.78, 5) is 19.6. The fraction of sp³-hybridized carbons (Fsp3) is 0.133. The summed E-state index contributed by atoms with van der Waals surface area (Å²) in [7, 11) is 1.65. The van der Waals surface area contributed by atoms with Crippen molar-refractivity contribution in [3.8, 4) is 28.1 Å². The molecule has 0 aliphatic heterocycles. The number of aromatic nitrogens is 1. The number of carbonyl (C=O) groups excluding carboxylic acids is 1. The Hall–Kier alpha value is -4.16. The van der Waals surface area contributed by atoms with Crippen LogP contribution < -0.4 is 15.8 Å². The first-order valence-electron chi connectivity index (χ1n) is 11.8. The molecule has 0 atom stereocenters. The molecule has 0 fully saturated rings. The predicted molar refractivity (Wildman–Crippen MR) is 150 cm³/mol. The van der Waals surface area contributed by atoms with Gasteiger partial charge in [-0.3, -0.25) is 4.79 Å². The molecule has 2 heterocycles. The Kier molecular flexibility index (Phi) is 6.44. The van der Waals surface area contributed by atoms with E-state index in [-0.39, 0.29) is 5.91 Å². The number of amides is 1. The zero-order valence-corrected chi connectivity index (χ0v) is 21.3. The Balaban J connectivity index is 1.65. The van der Waals surface area contributed by atoms with Crippen molar-refractivity contribution in [2.24, 2.45) is 0 Å². The fourth-order valence-electron chi connectivity index (χ4n) is 4.42. The molecule has 3 N–H and O–H groups in total. The zero-order chi connectivity index (χ0) is 25.2. The molecule has 0 saturated heterocycles. The Morgan fingerprint density at radius 2 is 1.75 bits per heavy atom. The van der Waals surface area contributed by atoms with E-state index < -0.39 is 0 Å². The summed E-state index contributed by atoms with van der Waals surface area (Å²) in [6, 6.07) is 25.9. The molecule has 5 nitrogen and oxygen atoms in total. The van der Waals surface area contributed by atoms with Crippen molar-refractivity contribution in [1.82, 2.24) is 4.98 Å². The largest absolute Gasteiger partial charge is 0.497 e. The predicted octanol–water partition coefficient (Wildman–Crippen LogP) is 7.34. The van der Waals surface area contributed by atoms with Gasteiger partial charge < -0.3 is 15.8 Å². The summed E-state index contributed by atoms with van der Waals surface area (Å²) in [6.45, 7) is 4.08. The van der Waals surface area contributed by atoms with E-state index in [0.29, 0.717) is 10.6 Å². The Morgan fingerprint density at radius 3 is 2.44 bits per heavy atom. The van der Waals surface area contributed by atoms with Crippen molar-refractivity contribution in [2.75, 3.05) is 18.2 Å². The first-order valence-corrected chi connectivity index (χ1v) is 12.6. The molecule has 5 aromatic rings. The minimum atomic E-state index is -0.218. The van der Waals surface area contributed by atoms with E-state index >= 15 is 0 Å². The lowest BCUT2D eigenvalue weighted by Gasteiger charge is -2.12. The third-order valence-corrected chi connectivity index (χ3v) is 7.45. The van der Waals surface area contributed by atoms with E-state index in [1.54, 1.807) is 7.11 Å². The number of carbonyl (C=O) groups is 1. The number of nitrogens with one attached hydrogen (secondary N) is 1. The van der Waals surface area contributed by atoms with Gasteiger partial charge in [0.1, 0.15) is 15.5 Å². The van der Waals surface area contributed by atoms with Gasteiger partial charge >= 0.3 is 0 Å². The molecule has 1 amide bonds. The summed E-state index contributed by atoms with van der Waals surface area (Å²) >= 11 is 1.32. The average molecular weight is 494 g/mol. The van der Waals surface area contributed by atoms with Gasteiger partial charge in [-0.2, -0.15) is 0 Å². The van der Waals surface area contributed by atoms with Crippen LogP contribution in [-0.2, 0) is 6.42 Å². The Labute approximate surface area is 214 Å². The number of aryl methyl sites for hydroxylation is 2. The summed E-state index contributed by atoms with van der Waals surface area (Å²) in [5, 5.41) is 3.92. The van der Waals surface area contributed by atoms with Crippen LogP contribution in [0.15, 0.2) is 78.9 Å². The molecule has 0 radical (unpaired) electrons. The summed E-state index contributed by atoms with van der Waals surface area (Å²) in [6.07, 6.45) is 0.824. The standard InChI is InChI=1S/C30H27N3O2S/c1-4-19-12-8-9-18(2)27(19)33-29(34)28-26(31)25-23(20-10-6-5-7-11-20)17-24(32-30(25)36-28)21-13-15-22(35-3)16-14-21/h5-17H,4,31H2,1-3H3,(H,33,34). The number of rotatable bonds is 6. The van der Waals surface area contributed by atoms with E-state index in [1.165, 1.54) is 11.3 Å². The smallest absolute Gasteiger partial charge is 0.267 e. The van der Waals surface area contributed by atoms with Crippen molar-refractivity contribution in [1.29, 1.82) is 0 Å². The van der Waals surface area contributed by atoms with Gasteiger partial charge in [0.25, 0.3) is 5.91 Å². The van der Waals surface area contributed by atoms with Gasteiger partial charge in [0.2, 0.25) is 0 Å². The van der Waals surface area contributed by atoms with Crippen molar-refractivity contribution in [2.45, 2.75) is 20.3 Å². The number of thiophene rings is 1. The molecule has 5 rings (SSSR count). The lowest BCUT2D eigenvalue weighted by atomic mass is 9.99. The summed E-state index contributed by atoms with van der Waals surface area (Å²) < 4.78 is 5.31. The molecule has 3 aromatic carbocycles. The minimum absolute atomic E-state index is 0.218. The highest BCUT2D eigenvalue weighted by molar-refractivity contribution is 7.21. The maximum Gasteiger partial charge on any atom is 0.267 e. The zero-order valence-electron chi connectivity index (χ0n) is 20.5. The van der Waals surface area contributed by atoms with E-state index in [2.05, 4.69) is 12.2 Å². The second kappa shape index (κ2) is 9.84. The number of nitrogen functional groups attached to an aromatic ring is 1. The summed E-state index contributed by atoms with van der Waals surface area (Å²) in [5.74, 6) is 0.564. The first-order chi connectivity index (χ1) is 17.5. The monoisotopic (exact) mass is 493 g/mol. The first kappa shape index (κ1) is 23.6. The molecule has 180 valence electrons. The number of pyridine rings is 1. The highest BCUT2D eigenvalue weighted by Crippen LogP contribution is 2.41. The molecule has 0 unspecified atom stereocenters. The Bertz CT molecular complexity index is 1560. The van der Waals surface area contributed by atoms with Gasteiger partial charge in [0.05, 0.1) is 18.5 Å². The minimum Gasteiger partial charge on any atom is -0.497 e. The van der Waals surface area contributed by atoms with Gasteiger partial charge in [-0.15, -0.1) is 11.3 Å². The van der Waals surface area contributed by atoms with Gasteiger partial charge in [-0.25, -0.2) is 4.98 Å². The number of fused-ring (bicyclic) bond motifs is 1. The third kappa shape index (κ3) is 4.32. The SMILES string of the molecule is CCc1cccc(C)c1NC(=O)c1sc2nc(-c3ccc(OC)cc3)cc(-c3ccccc3)c2c1N. The number of nitrogens with two attached hydrogens (primary N) is 1. The second-order valence-electron chi connectivity index (χ2n) is 8.59. The lowest BCUT2D eigenvalue weighted by Crippen LogP contribution is -2.14. The van der Waals surface area contributed by atoms with Crippen LogP contribution in [0.25, 0.3) is 32.6 Å². The van der Waals surface area contributed by atoms with E-state index in [9.17, 15) is 4.79 Å². The topological polar surface area (TPSA) is 77.2 Å². The van der Waals surface area contributed by atoms with Crippen LogP contribution in [0.2, 0.25) is 0 Å². The van der Waals surface area contributed by atoms with Crippen LogP contribution in [-0.4, -0.2) is 18.0 Å². The number of anilines is 2. The van der Waals surface area contributed by atoms with Gasteiger partial charge in [0, 0.05) is 16.6 Å². The number of methoxy groups -OCH3 is 1. The molecule has 6 heteroatoms. The van der Waals surface area contributed by atoms with Crippen LogP contribution in [0.1, 0.15) is 27.7 Å². The van der Waals surface area contributed by atoms with Gasteiger partial charge in [0.15, 0.2) is 0 Å². The maximum atomic E-state index is 13.5. The van der Waals surface area contributed by atoms with E-state index in [4.69, 9.17) is 15.5 Å². The number of para-hydroxylation sites is 1. The quantitative estimate of drug-likeness (QED) is 0.259. The third-order valence-electron chi connectivity index (χ3n) is 6.35. The van der Waals surface area contributed by atoms with Crippen LogP contribution in [0, 0.1) is 6.92 Å². The highest BCUT2D eigenvalue weighted by atomic mass is 32.1. The van der Waals surface area contributed by atoms with Crippen LogP contribution in [0.4, 0.5) is 11.4 Å². The molecular formula is C30H27N3O2S. The summed E-state index contributed by atoms with van der Waals surface area (Å²) in [5.41, 5.74) is 13.8. The molecule has 0 aliphatic rings. The number of hydrogen-bond acceptors (Lipinski definition) is 5. The molecular weight excluding hydrogens is 466 g/mol. The van der Waals surface area contributed by atoms with Crippen molar-refractivity contribution >= 4 is 38.8 Å². The molecule has 0 aliphatic carbocycles. The van der Waals surface area contributed by atoms with E-state index in [0.717, 1.165) is 61.6 Å². The number of hydrogen-bond donors (Lipinski definition) is 2. The van der Waals surface area contributed by atoms with Crippen molar-refractivity contribution < 1.29 is 9.53 Å². The van der Waals surface area contributed by atoms with E-state index in [1.807, 2.05) is 85.8 Å². The van der Waals surface area contributed by atoms with Crippen LogP contribution >= 0.6 is 11.3 Å². The lowest BCUT2D eigenvalue weighted by molar-refractivity contribution is 0.103. The van der Waals surface area contributed by atoms with Gasteiger partial charge in [-0.05, 0) is 65.9 Å². The molecule has 0 spiro atoms.